The van der Waals surface area contributed by atoms with Gasteiger partial charge in [0.05, 0.1) is 12.2 Å². The van der Waals surface area contributed by atoms with Crippen LogP contribution in [-0.4, -0.2) is 35.6 Å². The molecular weight excluding hydrogens is 318 g/mol. The van der Waals surface area contributed by atoms with E-state index in [1.54, 1.807) is 11.3 Å². The van der Waals surface area contributed by atoms with Gasteiger partial charge in [-0.1, -0.05) is 30.3 Å². The summed E-state index contributed by atoms with van der Waals surface area (Å²) >= 11 is 1.55. The molecular formula is C20H25NO2S. The number of rotatable bonds is 6. The standard InChI is InChI=1S/C20H25NO2S/c22-16-20(10-4-8-17-6-2-1-3-7-17)11-5-12-21(15-20)19(23)18-9-13-24-14-18/h1-3,6-7,9,13-14,22H,4-5,8,10-12,15-16H2. The van der Waals surface area contributed by atoms with E-state index >= 15 is 0 Å². The molecule has 0 spiro atoms. The molecule has 3 rings (SSSR count). The van der Waals surface area contributed by atoms with Crippen molar-refractivity contribution in [1.82, 2.24) is 4.90 Å². The van der Waals surface area contributed by atoms with Gasteiger partial charge >= 0.3 is 0 Å². The maximum absolute atomic E-state index is 12.6. The fourth-order valence-corrected chi connectivity index (χ4v) is 4.30. The number of hydrogen-bond acceptors (Lipinski definition) is 3. The Labute approximate surface area is 147 Å². The molecule has 1 amide bonds. The van der Waals surface area contributed by atoms with Crippen LogP contribution in [0.1, 0.15) is 41.6 Å². The molecule has 3 nitrogen and oxygen atoms in total. The average molecular weight is 343 g/mol. The number of benzene rings is 1. The van der Waals surface area contributed by atoms with Crippen molar-refractivity contribution < 1.29 is 9.90 Å². The summed E-state index contributed by atoms with van der Waals surface area (Å²) in [5.74, 6) is 0.108. The van der Waals surface area contributed by atoms with Crippen molar-refractivity contribution in [2.45, 2.75) is 32.1 Å². The normalized spacial score (nSPS) is 21.0. The Morgan fingerprint density at radius 1 is 1.25 bits per heavy atom. The molecule has 1 saturated heterocycles. The fourth-order valence-electron chi connectivity index (χ4n) is 3.67. The minimum atomic E-state index is -0.140. The largest absolute Gasteiger partial charge is 0.396 e. The van der Waals surface area contributed by atoms with E-state index in [2.05, 4.69) is 24.3 Å². The highest BCUT2D eigenvalue weighted by Gasteiger charge is 2.36. The lowest BCUT2D eigenvalue weighted by Gasteiger charge is -2.42. The third kappa shape index (κ3) is 4.05. The second-order valence-electron chi connectivity index (χ2n) is 6.84. The van der Waals surface area contributed by atoms with Crippen LogP contribution in [0.15, 0.2) is 47.2 Å². The number of nitrogens with zero attached hydrogens (tertiary/aromatic N) is 1. The average Bonchev–Trinajstić information content (AvgIpc) is 3.17. The maximum Gasteiger partial charge on any atom is 0.254 e. The molecule has 2 aromatic rings. The zero-order valence-corrected chi connectivity index (χ0v) is 14.8. The smallest absolute Gasteiger partial charge is 0.254 e. The number of hydrogen-bond donors (Lipinski definition) is 1. The maximum atomic E-state index is 12.6. The van der Waals surface area contributed by atoms with Crippen molar-refractivity contribution in [3.63, 3.8) is 0 Å². The van der Waals surface area contributed by atoms with E-state index < -0.39 is 0 Å². The first-order valence-electron chi connectivity index (χ1n) is 8.69. The summed E-state index contributed by atoms with van der Waals surface area (Å²) in [6.45, 7) is 1.64. The van der Waals surface area contributed by atoms with Crippen LogP contribution in [0.25, 0.3) is 0 Å². The van der Waals surface area contributed by atoms with E-state index in [0.29, 0.717) is 6.54 Å². The number of aliphatic hydroxyl groups is 1. The highest BCUT2D eigenvalue weighted by atomic mass is 32.1. The van der Waals surface area contributed by atoms with Crippen LogP contribution >= 0.6 is 11.3 Å². The summed E-state index contributed by atoms with van der Waals surface area (Å²) in [7, 11) is 0. The predicted molar refractivity (Wildman–Crippen MR) is 98.4 cm³/mol. The van der Waals surface area contributed by atoms with Gasteiger partial charge in [-0.3, -0.25) is 4.79 Å². The molecule has 1 unspecified atom stereocenters. The van der Waals surface area contributed by atoms with E-state index in [0.717, 1.165) is 44.2 Å². The van der Waals surface area contributed by atoms with Crippen molar-refractivity contribution >= 4 is 17.2 Å². The van der Waals surface area contributed by atoms with Crippen LogP contribution in [0.3, 0.4) is 0 Å². The Balaban J connectivity index is 1.60. The van der Waals surface area contributed by atoms with E-state index in [4.69, 9.17) is 0 Å². The lowest BCUT2D eigenvalue weighted by atomic mass is 9.76. The highest BCUT2D eigenvalue weighted by Crippen LogP contribution is 2.35. The van der Waals surface area contributed by atoms with Crippen LogP contribution in [-0.2, 0) is 6.42 Å². The number of carbonyl (C=O) groups is 1. The Bertz CT molecular complexity index is 641. The number of aliphatic hydroxyl groups excluding tert-OH is 1. The van der Waals surface area contributed by atoms with E-state index in [9.17, 15) is 9.90 Å². The molecule has 1 fully saturated rings. The molecule has 1 aliphatic rings. The monoisotopic (exact) mass is 343 g/mol. The number of amides is 1. The Hall–Kier alpha value is -1.65. The first-order chi connectivity index (χ1) is 11.7. The number of piperidine rings is 1. The van der Waals surface area contributed by atoms with E-state index in [-0.39, 0.29) is 17.9 Å². The van der Waals surface area contributed by atoms with Crippen molar-refractivity contribution in [2.75, 3.05) is 19.7 Å². The predicted octanol–water partition coefficient (Wildman–Crippen LogP) is 3.99. The second kappa shape index (κ2) is 7.95. The molecule has 1 aliphatic heterocycles. The van der Waals surface area contributed by atoms with Gasteiger partial charge in [0, 0.05) is 23.9 Å². The minimum Gasteiger partial charge on any atom is -0.396 e. The van der Waals surface area contributed by atoms with E-state index in [1.165, 1.54) is 5.56 Å². The zero-order valence-electron chi connectivity index (χ0n) is 14.0. The molecule has 1 aromatic carbocycles. The van der Waals surface area contributed by atoms with Crippen molar-refractivity contribution in [3.05, 3.63) is 58.3 Å². The Morgan fingerprint density at radius 3 is 2.79 bits per heavy atom. The van der Waals surface area contributed by atoms with Crippen LogP contribution < -0.4 is 0 Å². The first-order valence-corrected chi connectivity index (χ1v) is 9.63. The van der Waals surface area contributed by atoms with Gasteiger partial charge < -0.3 is 10.0 Å². The molecule has 0 aliphatic carbocycles. The summed E-state index contributed by atoms with van der Waals surface area (Å²) in [4.78, 5) is 14.5. The summed E-state index contributed by atoms with van der Waals surface area (Å²) in [5.41, 5.74) is 1.98. The van der Waals surface area contributed by atoms with Gasteiger partial charge in [0.2, 0.25) is 0 Å². The molecule has 0 saturated carbocycles. The Kier molecular flexibility index (Phi) is 5.69. The van der Waals surface area contributed by atoms with Crippen LogP contribution in [0.2, 0.25) is 0 Å². The molecule has 24 heavy (non-hydrogen) atoms. The topological polar surface area (TPSA) is 40.5 Å². The molecule has 2 heterocycles. The molecule has 4 heteroatoms. The SMILES string of the molecule is O=C(c1ccsc1)N1CCCC(CO)(CCCc2ccccc2)C1. The highest BCUT2D eigenvalue weighted by molar-refractivity contribution is 7.08. The lowest BCUT2D eigenvalue weighted by molar-refractivity contribution is 0.0216. The quantitative estimate of drug-likeness (QED) is 0.862. The number of thiophene rings is 1. The van der Waals surface area contributed by atoms with Gasteiger partial charge in [0.1, 0.15) is 0 Å². The van der Waals surface area contributed by atoms with Gasteiger partial charge in [-0.15, -0.1) is 0 Å². The minimum absolute atomic E-state index is 0.108. The number of aryl methyl sites for hydroxylation is 1. The van der Waals surface area contributed by atoms with Crippen molar-refractivity contribution in [3.8, 4) is 0 Å². The Morgan fingerprint density at radius 2 is 2.08 bits per heavy atom. The van der Waals surface area contributed by atoms with Gasteiger partial charge in [0.25, 0.3) is 5.91 Å². The van der Waals surface area contributed by atoms with Crippen molar-refractivity contribution in [1.29, 1.82) is 0 Å². The summed E-state index contributed by atoms with van der Waals surface area (Å²) in [5, 5.41) is 13.9. The fraction of sp³-hybridized carbons (Fsp3) is 0.450. The number of carbonyl (C=O) groups excluding carboxylic acids is 1. The number of likely N-dealkylation sites (tertiary alicyclic amines) is 1. The van der Waals surface area contributed by atoms with Gasteiger partial charge in [0.15, 0.2) is 0 Å². The zero-order chi connectivity index (χ0) is 16.8. The molecule has 1 N–H and O–H groups in total. The molecule has 0 radical (unpaired) electrons. The second-order valence-corrected chi connectivity index (χ2v) is 7.62. The molecule has 0 bridgehead atoms. The van der Waals surface area contributed by atoms with Gasteiger partial charge in [-0.25, -0.2) is 0 Å². The van der Waals surface area contributed by atoms with Gasteiger partial charge in [-0.05, 0) is 49.1 Å². The van der Waals surface area contributed by atoms with Gasteiger partial charge in [-0.2, -0.15) is 11.3 Å². The first kappa shape index (κ1) is 17.2. The third-order valence-electron chi connectivity index (χ3n) is 5.07. The third-order valence-corrected chi connectivity index (χ3v) is 5.75. The molecule has 1 aromatic heterocycles. The summed E-state index contributed by atoms with van der Waals surface area (Å²) in [6, 6.07) is 12.4. The molecule has 1 atom stereocenters. The lowest BCUT2D eigenvalue weighted by Crippen LogP contribution is -2.47. The van der Waals surface area contributed by atoms with E-state index in [1.807, 2.05) is 27.8 Å². The van der Waals surface area contributed by atoms with Crippen molar-refractivity contribution in [2.24, 2.45) is 5.41 Å². The van der Waals surface area contributed by atoms with Crippen LogP contribution in [0.5, 0.6) is 0 Å². The van der Waals surface area contributed by atoms with Crippen LogP contribution in [0.4, 0.5) is 0 Å². The summed E-state index contributed by atoms with van der Waals surface area (Å²) < 4.78 is 0. The molecule has 128 valence electrons. The van der Waals surface area contributed by atoms with Crippen LogP contribution in [0, 0.1) is 5.41 Å². The summed E-state index contributed by atoms with van der Waals surface area (Å²) in [6.07, 6.45) is 5.02.